The summed E-state index contributed by atoms with van der Waals surface area (Å²) in [5.41, 5.74) is 6.67. The van der Waals surface area contributed by atoms with Gasteiger partial charge in [0.05, 0.1) is 11.8 Å². The molecule has 0 bridgehead atoms. The Labute approximate surface area is 87.2 Å². The summed E-state index contributed by atoms with van der Waals surface area (Å²) in [6, 6.07) is 0. The zero-order valence-electron chi connectivity index (χ0n) is 8.53. The van der Waals surface area contributed by atoms with E-state index in [4.69, 9.17) is 10.5 Å². The lowest BCUT2D eigenvalue weighted by molar-refractivity contribution is 0.0335. The van der Waals surface area contributed by atoms with Crippen LogP contribution in [0.2, 0.25) is 0 Å². The van der Waals surface area contributed by atoms with Gasteiger partial charge in [0.2, 0.25) is 0 Å². The molecule has 0 aliphatic heterocycles. The monoisotopic (exact) mass is 214 g/mol. The van der Waals surface area contributed by atoms with Crippen molar-refractivity contribution in [1.82, 2.24) is 4.37 Å². The van der Waals surface area contributed by atoms with E-state index < -0.39 is 0 Å². The minimum Gasteiger partial charge on any atom is -0.459 e. The zero-order chi connectivity index (χ0) is 10.7. The first kappa shape index (κ1) is 11.0. The number of nitrogens with zero attached hydrogens (tertiary/aromatic N) is 1. The third-order valence-corrected chi connectivity index (χ3v) is 2.74. The molecule has 0 amide bonds. The van der Waals surface area contributed by atoms with Crippen LogP contribution >= 0.6 is 11.5 Å². The number of aromatic nitrogens is 1. The molecule has 2 N–H and O–H groups in total. The molecule has 1 heterocycles. The first-order chi connectivity index (χ1) is 6.56. The number of carbonyl (C=O) groups excluding carboxylic acids is 1. The van der Waals surface area contributed by atoms with Crippen LogP contribution < -0.4 is 5.73 Å². The number of hydrogen-bond acceptors (Lipinski definition) is 5. The first-order valence-electron chi connectivity index (χ1n) is 4.49. The second-order valence-corrected chi connectivity index (χ2v) is 3.94. The van der Waals surface area contributed by atoms with Crippen LogP contribution in [-0.4, -0.2) is 16.4 Å². The summed E-state index contributed by atoms with van der Waals surface area (Å²) in [5.74, 6) is -0.372. The van der Waals surface area contributed by atoms with E-state index in [1.165, 1.54) is 0 Å². The van der Waals surface area contributed by atoms with E-state index in [-0.39, 0.29) is 12.1 Å². The molecular weight excluding hydrogens is 200 g/mol. The van der Waals surface area contributed by atoms with Crippen LogP contribution in [0.25, 0.3) is 0 Å². The normalized spacial score (nSPS) is 12.5. The van der Waals surface area contributed by atoms with E-state index in [1.807, 2.05) is 13.8 Å². The molecule has 0 aliphatic rings. The predicted molar refractivity (Wildman–Crippen MR) is 56.4 cm³/mol. The lowest BCUT2D eigenvalue weighted by atomic mass is 10.2. The minimum absolute atomic E-state index is 0.0822. The Kier molecular flexibility index (Phi) is 3.46. The molecule has 0 aromatic carbocycles. The Morgan fingerprint density at radius 2 is 2.36 bits per heavy atom. The van der Waals surface area contributed by atoms with Crippen molar-refractivity contribution in [1.29, 1.82) is 0 Å². The van der Waals surface area contributed by atoms with Gasteiger partial charge in [0.15, 0.2) is 0 Å². The summed E-state index contributed by atoms with van der Waals surface area (Å²) in [6.07, 6.45) is 0.712. The predicted octanol–water partition coefficient (Wildman–Crippen LogP) is 1.99. The standard InChI is InChI=1S/C9H14N2O2S/c1-4-5(2)13-9(12)7-6(3)11-14-8(7)10/h5H,4,10H2,1-3H3. The summed E-state index contributed by atoms with van der Waals surface area (Å²) in [4.78, 5) is 11.6. The fourth-order valence-electron chi connectivity index (χ4n) is 0.961. The van der Waals surface area contributed by atoms with Gasteiger partial charge in [-0.1, -0.05) is 6.92 Å². The second-order valence-electron chi connectivity index (χ2n) is 3.13. The van der Waals surface area contributed by atoms with Crippen molar-refractivity contribution in [3.8, 4) is 0 Å². The molecule has 0 spiro atoms. The van der Waals surface area contributed by atoms with Gasteiger partial charge >= 0.3 is 5.97 Å². The Morgan fingerprint density at radius 3 is 2.79 bits per heavy atom. The number of rotatable bonds is 3. The van der Waals surface area contributed by atoms with Crippen molar-refractivity contribution in [3.63, 3.8) is 0 Å². The van der Waals surface area contributed by atoms with Crippen molar-refractivity contribution >= 4 is 22.5 Å². The summed E-state index contributed by atoms with van der Waals surface area (Å²) in [6.45, 7) is 5.56. The Hall–Kier alpha value is -1.10. The summed E-state index contributed by atoms with van der Waals surface area (Å²) in [5, 5.41) is 0.427. The number of ether oxygens (including phenoxy) is 1. The van der Waals surface area contributed by atoms with Gasteiger partial charge in [-0.2, -0.15) is 4.37 Å². The molecule has 1 aromatic rings. The molecule has 1 unspecified atom stereocenters. The average Bonchev–Trinajstić information content (AvgIpc) is 2.46. The molecule has 5 heteroatoms. The van der Waals surface area contributed by atoms with Gasteiger partial charge < -0.3 is 10.5 Å². The average molecular weight is 214 g/mol. The number of hydrogen-bond donors (Lipinski definition) is 1. The molecule has 0 aliphatic carbocycles. The maximum atomic E-state index is 11.6. The second kappa shape index (κ2) is 4.41. The third kappa shape index (κ3) is 2.23. The molecule has 0 radical (unpaired) electrons. The number of carbonyl (C=O) groups is 1. The van der Waals surface area contributed by atoms with Crippen LogP contribution in [-0.2, 0) is 4.74 Å². The fraction of sp³-hybridized carbons (Fsp3) is 0.556. The number of esters is 1. The van der Waals surface area contributed by atoms with Crippen LogP contribution in [0.5, 0.6) is 0 Å². The van der Waals surface area contributed by atoms with Crippen molar-refractivity contribution in [2.75, 3.05) is 5.73 Å². The Morgan fingerprint density at radius 1 is 1.71 bits per heavy atom. The number of nitrogens with two attached hydrogens (primary N) is 1. The summed E-state index contributed by atoms with van der Waals surface area (Å²) in [7, 11) is 0. The van der Waals surface area contributed by atoms with Crippen LogP contribution in [0.4, 0.5) is 5.00 Å². The number of aryl methyl sites for hydroxylation is 1. The molecule has 78 valence electrons. The van der Waals surface area contributed by atoms with E-state index in [2.05, 4.69) is 4.37 Å². The van der Waals surface area contributed by atoms with E-state index in [0.717, 1.165) is 18.0 Å². The molecule has 1 atom stereocenters. The maximum Gasteiger partial charge on any atom is 0.343 e. The highest BCUT2D eigenvalue weighted by Crippen LogP contribution is 2.22. The van der Waals surface area contributed by atoms with Crippen molar-refractivity contribution in [3.05, 3.63) is 11.3 Å². The van der Waals surface area contributed by atoms with E-state index in [0.29, 0.717) is 16.3 Å². The Bertz CT molecular complexity index is 316. The SMILES string of the molecule is CCC(C)OC(=O)c1c(C)nsc1N. The topological polar surface area (TPSA) is 65.2 Å². The Balaban J connectivity index is 2.79. The molecule has 4 nitrogen and oxygen atoms in total. The van der Waals surface area contributed by atoms with E-state index in [1.54, 1.807) is 6.92 Å². The van der Waals surface area contributed by atoms with Gasteiger partial charge in [-0.3, -0.25) is 0 Å². The zero-order valence-corrected chi connectivity index (χ0v) is 9.35. The number of nitrogen functional groups attached to an aromatic ring is 1. The van der Waals surface area contributed by atoms with Gasteiger partial charge in [0.1, 0.15) is 10.6 Å². The number of anilines is 1. The van der Waals surface area contributed by atoms with Crippen molar-refractivity contribution < 1.29 is 9.53 Å². The van der Waals surface area contributed by atoms with Gasteiger partial charge in [0.25, 0.3) is 0 Å². The van der Waals surface area contributed by atoms with Crippen molar-refractivity contribution in [2.45, 2.75) is 33.3 Å². The van der Waals surface area contributed by atoms with Crippen molar-refractivity contribution in [2.24, 2.45) is 0 Å². The largest absolute Gasteiger partial charge is 0.459 e. The van der Waals surface area contributed by atoms with Crippen LogP contribution in [0.1, 0.15) is 36.3 Å². The molecule has 1 aromatic heterocycles. The molecule has 0 fully saturated rings. The van der Waals surface area contributed by atoms with Gasteiger partial charge in [-0.25, -0.2) is 4.79 Å². The fourth-order valence-corrected chi connectivity index (χ4v) is 1.61. The van der Waals surface area contributed by atoms with Crippen LogP contribution in [0.3, 0.4) is 0 Å². The maximum absolute atomic E-state index is 11.6. The molecular formula is C9H14N2O2S. The minimum atomic E-state index is -0.372. The lowest BCUT2D eigenvalue weighted by Crippen LogP contribution is -2.15. The highest BCUT2D eigenvalue weighted by molar-refractivity contribution is 7.10. The molecule has 0 saturated carbocycles. The molecule has 1 rings (SSSR count). The third-order valence-electron chi connectivity index (χ3n) is 1.98. The van der Waals surface area contributed by atoms with Crippen LogP contribution in [0.15, 0.2) is 0 Å². The van der Waals surface area contributed by atoms with Gasteiger partial charge in [-0.15, -0.1) is 0 Å². The quantitative estimate of drug-likeness (QED) is 0.781. The molecule has 0 saturated heterocycles. The highest BCUT2D eigenvalue weighted by atomic mass is 32.1. The van der Waals surface area contributed by atoms with Gasteiger partial charge in [0, 0.05) is 0 Å². The highest BCUT2D eigenvalue weighted by Gasteiger charge is 2.19. The first-order valence-corrected chi connectivity index (χ1v) is 5.26. The van der Waals surface area contributed by atoms with Crippen LogP contribution in [0, 0.1) is 6.92 Å². The summed E-state index contributed by atoms with van der Waals surface area (Å²) < 4.78 is 9.14. The smallest absolute Gasteiger partial charge is 0.343 e. The lowest BCUT2D eigenvalue weighted by Gasteiger charge is -2.10. The van der Waals surface area contributed by atoms with Gasteiger partial charge in [-0.05, 0) is 31.8 Å². The van der Waals surface area contributed by atoms with E-state index >= 15 is 0 Å². The molecule has 14 heavy (non-hydrogen) atoms. The summed E-state index contributed by atoms with van der Waals surface area (Å²) >= 11 is 1.12. The van der Waals surface area contributed by atoms with E-state index in [9.17, 15) is 4.79 Å².